The Bertz CT molecular complexity index is 959. The molecule has 0 N–H and O–H groups in total. The Balaban J connectivity index is 3.51. The van der Waals surface area contributed by atoms with Crippen LogP contribution in [-0.4, -0.2) is 73.9 Å². The number of rotatable bonds is 25. The Hall–Kier alpha value is -0.880. The molecule has 0 spiro atoms. The smallest absolute Gasteiger partial charge is 0.274 e. The largest absolute Gasteiger partial charge is 0.516 e. The van der Waals surface area contributed by atoms with E-state index in [0.29, 0.717) is 39.8 Å². The number of amides is 2. The summed E-state index contributed by atoms with van der Waals surface area (Å²) in [5, 5.41) is 0. The van der Waals surface area contributed by atoms with E-state index in [1.165, 1.54) is 0 Å². The number of unbranched alkanes of at least 4 members (excludes halogenated alkanes) is 14. The third-order valence-corrected chi connectivity index (χ3v) is 12.4. The van der Waals surface area contributed by atoms with E-state index < -0.39 is 42.9 Å². The normalized spacial score (nSPS) is 12.8. The summed E-state index contributed by atoms with van der Waals surface area (Å²) in [5.74, 6) is 0.0321. The van der Waals surface area contributed by atoms with Gasteiger partial charge < -0.3 is 0 Å². The Labute approximate surface area is 266 Å². The molecule has 0 rings (SSSR count). The Morgan fingerprint density at radius 2 is 0.705 bits per heavy atom. The fourth-order valence-corrected chi connectivity index (χ4v) is 7.64. The van der Waals surface area contributed by atoms with Gasteiger partial charge in [0.25, 0.3) is 0 Å². The molecule has 0 aliphatic heterocycles. The molecule has 262 valence electrons. The lowest BCUT2D eigenvalue weighted by molar-refractivity contribution is -0.127. The fourth-order valence-electron chi connectivity index (χ4n) is 4.01. The summed E-state index contributed by atoms with van der Waals surface area (Å²) in [6, 6.07) is 0. The van der Waals surface area contributed by atoms with E-state index in [2.05, 4.69) is 0 Å². The van der Waals surface area contributed by atoms with Crippen molar-refractivity contribution in [1.29, 1.82) is 0 Å². The van der Waals surface area contributed by atoms with Crippen LogP contribution in [0.25, 0.3) is 0 Å². The van der Waals surface area contributed by atoms with Crippen molar-refractivity contribution < 1.29 is 52.8 Å². The fraction of sp³-hybridized carbons (Fsp3) is 0.923. The third kappa shape index (κ3) is 17.2. The lowest BCUT2D eigenvalue weighted by Gasteiger charge is -2.18. The van der Waals surface area contributed by atoms with E-state index in [9.17, 15) is 52.8 Å². The highest BCUT2D eigenvalue weighted by Crippen LogP contribution is 2.28. The second kappa shape index (κ2) is 21.8. The molecule has 0 aromatic heterocycles. The minimum Gasteiger partial charge on any atom is -0.274 e. The number of halogens is 6. The van der Waals surface area contributed by atoms with E-state index >= 15 is 0 Å². The molecule has 0 unspecified atom stereocenters. The monoisotopic (exact) mass is 724 g/mol. The number of sulfonamides is 2. The van der Waals surface area contributed by atoms with E-state index in [4.69, 9.17) is 0 Å². The molecule has 0 saturated carbocycles. The van der Waals surface area contributed by atoms with Crippen LogP contribution in [0.1, 0.15) is 116 Å². The van der Waals surface area contributed by atoms with E-state index in [1.807, 2.05) is 21.6 Å². The van der Waals surface area contributed by atoms with Crippen LogP contribution in [0.15, 0.2) is 0 Å². The van der Waals surface area contributed by atoms with Crippen LogP contribution < -0.4 is 0 Å². The van der Waals surface area contributed by atoms with Crippen LogP contribution in [0, 0.1) is 0 Å². The zero-order valence-corrected chi connectivity index (χ0v) is 28.7. The first-order valence-corrected chi connectivity index (χ1v) is 20.1. The summed E-state index contributed by atoms with van der Waals surface area (Å²) in [5.41, 5.74) is -11.0. The SMILES string of the molecule is CN(C(=O)CCCCCCCCCCSSCCCCCCCCCCC(=O)N(C)S(=O)(=O)C(F)(F)F)S(=O)(=O)C(F)(F)F. The summed E-state index contributed by atoms with van der Waals surface area (Å²) in [4.78, 5) is 23.4. The van der Waals surface area contributed by atoms with Gasteiger partial charge in [-0.15, -0.1) is 0 Å². The van der Waals surface area contributed by atoms with Gasteiger partial charge in [-0.05, 0) is 25.7 Å². The first kappa shape index (κ1) is 43.1. The van der Waals surface area contributed by atoms with Gasteiger partial charge in [0.15, 0.2) is 0 Å². The van der Waals surface area contributed by atoms with Gasteiger partial charge in [-0.1, -0.05) is 98.6 Å². The molecular weight excluding hydrogens is 679 g/mol. The van der Waals surface area contributed by atoms with Gasteiger partial charge in [0.2, 0.25) is 11.8 Å². The first-order valence-electron chi connectivity index (χ1n) is 14.8. The molecule has 0 aromatic carbocycles. The van der Waals surface area contributed by atoms with Crippen molar-refractivity contribution in [2.45, 2.75) is 127 Å². The highest BCUT2D eigenvalue weighted by atomic mass is 33.1. The van der Waals surface area contributed by atoms with Crippen LogP contribution >= 0.6 is 21.6 Å². The van der Waals surface area contributed by atoms with Gasteiger partial charge >= 0.3 is 31.1 Å². The number of carbonyl (C=O) groups is 2. The number of nitrogens with zero attached hydrogens (tertiary/aromatic N) is 2. The summed E-state index contributed by atoms with van der Waals surface area (Å²) in [7, 11) is -6.27. The summed E-state index contributed by atoms with van der Waals surface area (Å²) < 4.78 is 119. The standard InChI is InChI=1S/C26H46F6N2O6S4/c1-33(43(37,38)25(27,28)29)23(35)19-15-11-7-3-5-9-13-17-21-41-42-22-18-14-10-6-4-8-12-16-20-24(36)34(2)44(39,40)26(30,31)32/h3-22H2,1-2H3. The van der Waals surface area contributed by atoms with Crippen LogP contribution in [0.2, 0.25) is 0 Å². The van der Waals surface area contributed by atoms with E-state index in [-0.39, 0.29) is 21.5 Å². The molecule has 18 heteroatoms. The Morgan fingerprint density at radius 3 is 0.955 bits per heavy atom. The molecule has 44 heavy (non-hydrogen) atoms. The molecule has 0 bridgehead atoms. The van der Waals surface area contributed by atoms with Crippen molar-refractivity contribution in [3.05, 3.63) is 0 Å². The number of hydrogen-bond acceptors (Lipinski definition) is 8. The molecular formula is C26H46F6N2O6S4. The van der Waals surface area contributed by atoms with Crippen molar-refractivity contribution in [2.24, 2.45) is 0 Å². The second-order valence-electron chi connectivity index (χ2n) is 10.4. The predicted octanol–water partition coefficient (Wildman–Crippen LogP) is 8.01. The zero-order chi connectivity index (χ0) is 33.9. The minimum atomic E-state index is -5.62. The number of alkyl halides is 6. The average Bonchev–Trinajstić information content (AvgIpc) is 2.93. The van der Waals surface area contributed by atoms with E-state index in [1.54, 1.807) is 0 Å². The highest BCUT2D eigenvalue weighted by molar-refractivity contribution is 8.76. The van der Waals surface area contributed by atoms with Crippen molar-refractivity contribution in [2.75, 3.05) is 25.6 Å². The maximum atomic E-state index is 12.5. The maximum Gasteiger partial charge on any atom is 0.516 e. The molecule has 0 aliphatic carbocycles. The first-order chi connectivity index (χ1) is 20.4. The number of hydrogen-bond donors (Lipinski definition) is 0. The minimum absolute atomic E-state index is 0.219. The molecule has 2 amide bonds. The van der Waals surface area contributed by atoms with Crippen molar-refractivity contribution in [3.63, 3.8) is 0 Å². The summed E-state index contributed by atoms with van der Waals surface area (Å²) in [6.07, 6.45) is 13.9. The predicted molar refractivity (Wildman–Crippen MR) is 164 cm³/mol. The molecule has 0 heterocycles. The lowest BCUT2D eigenvalue weighted by Crippen LogP contribution is -2.41. The molecule has 0 fully saturated rings. The van der Waals surface area contributed by atoms with Crippen LogP contribution in [0.3, 0.4) is 0 Å². The zero-order valence-electron chi connectivity index (χ0n) is 25.4. The summed E-state index contributed by atoms with van der Waals surface area (Å²) in [6.45, 7) is 0. The van der Waals surface area contributed by atoms with Crippen molar-refractivity contribution in [1.82, 2.24) is 8.61 Å². The number of carbonyl (C=O) groups excluding carboxylic acids is 2. The summed E-state index contributed by atoms with van der Waals surface area (Å²) >= 11 is 0. The molecule has 0 radical (unpaired) electrons. The van der Waals surface area contributed by atoms with Gasteiger partial charge in [-0.25, -0.2) is 8.61 Å². The van der Waals surface area contributed by atoms with Gasteiger partial charge in [0.1, 0.15) is 0 Å². The van der Waals surface area contributed by atoms with Crippen LogP contribution in [0.4, 0.5) is 26.3 Å². The van der Waals surface area contributed by atoms with Gasteiger partial charge in [-0.2, -0.15) is 43.2 Å². The van der Waals surface area contributed by atoms with Gasteiger partial charge in [0, 0.05) is 38.4 Å². The van der Waals surface area contributed by atoms with Crippen molar-refractivity contribution in [3.8, 4) is 0 Å². The highest BCUT2D eigenvalue weighted by Gasteiger charge is 2.51. The van der Waals surface area contributed by atoms with Gasteiger partial charge in [-0.3, -0.25) is 9.59 Å². The quantitative estimate of drug-likeness (QED) is 0.0530. The molecule has 0 aromatic rings. The lowest BCUT2D eigenvalue weighted by atomic mass is 10.1. The Morgan fingerprint density at radius 1 is 0.477 bits per heavy atom. The van der Waals surface area contributed by atoms with Crippen molar-refractivity contribution >= 4 is 53.4 Å². The molecule has 0 saturated heterocycles. The molecule has 8 nitrogen and oxygen atoms in total. The molecule has 0 aliphatic rings. The third-order valence-electron chi connectivity index (χ3n) is 6.83. The van der Waals surface area contributed by atoms with Crippen LogP contribution in [-0.2, 0) is 29.6 Å². The van der Waals surface area contributed by atoms with Gasteiger partial charge in [0.05, 0.1) is 0 Å². The maximum absolute atomic E-state index is 12.5. The van der Waals surface area contributed by atoms with Crippen LogP contribution in [0.5, 0.6) is 0 Å². The second-order valence-corrected chi connectivity index (χ2v) is 17.0. The van der Waals surface area contributed by atoms with E-state index in [0.717, 1.165) is 88.6 Å². The topological polar surface area (TPSA) is 109 Å². The Kier molecular flexibility index (Phi) is 21.4. The average molecular weight is 725 g/mol. The molecule has 0 atom stereocenters.